The summed E-state index contributed by atoms with van der Waals surface area (Å²) in [6.07, 6.45) is 5.08. The van der Waals surface area contributed by atoms with Crippen LogP contribution in [0.5, 0.6) is 0 Å². The summed E-state index contributed by atoms with van der Waals surface area (Å²) < 4.78 is 10.6. The first-order chi connectivity index (χ1) is 11.3. The van der Waals surface area contributed by atoms with Crippen molar-refractivity contribution < 1.29 is 13.9 Å². The first-order valence-electron chi connectivity index (χ1n) is 8.13. The fraction of sp³-hybridized carbons (Fsp3) is 0.625. The molecule has 7 nitrogen and oxygen atoms in total. The molecule has 1 fully saturated rings. The van der Waals surface area contributed by atoms with Gasteiger partial charge in [-0.05, 0) is 37.3 Å². The van der Waals surface area contributed by atoms with Crippen LogP contribution in [0.15, 0.2) is 27.8 Å². The number of amides is 1. The second-order valence-electron chi connectivity index (χ2n) is 5.53. The van der Waals surface area contributed by atoms with Crippen molar-refractivity contribution in [3.63, 3.8) is 0 Å². The van der Waals surface area contributed by atoms with E-state index in [1.807, 2.05) is 0 Å². The molecule has 0 aromatic carbocycles. The summed E-state index contributed by atoms with van der Waals surface area (Å²) in [6.45, 7) is 3.57. The normalized spacial score (nSPS) is 14.0. The molecule has 0 radical (unpaired) electrons. The van der Waals surface area contributed by atoms with Crippen LogP contribution >= 0.6 is 24.0 Å². The largest absolute Gasteiger partial charge is 0.459 e. The Morgan fingerprint density at radius 2 is 2.04 bits per heavy atom. The summed E-state index contributed by atoms with van der Waals surface area (Å²) in [7, 11) is 1.72. The van der Waals surface area contributed by atoms with E-state index >= 15 is 0 Å². The molecule has 0 bridgehead atoms. The number of nitrogens with one attached hydrogen (secondary N) is 3. The van der Waals surface area contributed by atoms with Gasteiger partial charge >= 0.3 is 0 Å². The van der Waals surface area contributed by atoms with Crippen molar-refractivity contribution in [2.75, 3.05) is 39.9 Å². The van der Waals surface area contributed by atoms with Crippen LogP contribution in [0.2, 0.25) is 0 Å². The van der Waals surface area contributed by atoms with Crippen molar-refractivity contribution in [3.05, 3.63) is 24.2 Å². The summed E-state index contributed by atoms with van der Waals surface area (Å²) in [5.41, 5.74) is 0. The van der Waals surface area contributed by atoms with Gasteiger partial charge in [0.15, 0.2) is 11.7 Å². The maximum atomic E-state index is 11.7. The third-order valence-corrected chi connectivity index (χ3v) is 3.48. The number of aliphatic imine (C=N–C) groups is 1. The Bertz CT molecular complexity index is 490. The minimum atomic E-state index is -0.215. The van der Waals surface area contributed by atoms with Gasteiger partial charge in [-0.25, -0.2) is 0 Å². The molecular formula is C16H27IN4O3. The van der Waals surface area contributed by atoms with E-state index in [0.29, 0.717) is 18.8 Å². The van der Waals surface area contributed by atoms with Gasteiger partial charge in [0.2, 0.25) is 0 Å². The average Bonchev–Trinajstić information content (AvgIpc) is 3.22. The number of rotatable bonds is 10. The van der Waals surface area contributed by atoms with E-state index in [1.165, 1.54) is 19.1 Å². The molecule has 1 aliphatic rings. The fourth-order valence-corrected chi connectivity index (χ4v) is 1.99. The van der Waals surface area contributed by atoms with Gasteiger partial charge in [-0.1, -0.05) is 0 Å². The molecule has 0 aliphatic heterocycles. The van der Waals surface area contributed by atoms with E-state index < -0.39 is 0 Å². The van der Waals surface area contributed by atoms with Crippen molar-refractivity contribution in [2.24, 2.45) is 10.9 Å². The molecule has 136 valence electrons. The van der Waals surface area contributed by atoms with Crippen LogP contribution in [-0.4, -0.2) is 51.8 Å². The van der Waals surface area contributed by atoms with Crippen molar-refractivity contribution >= 4 is 35.8 Å². The molecule has 1 aliphatic carbocycles. The Kier molecular flexibility index (Phi) is 10.5. The van der Waals surface area contributed by atoms with E-state index in [0.717, 1.165) is 38.1 Å². The van der Waals surface area contributed by atoms with Gasteiger partial charge < -0.3 is 25.1 Å². The van der Waals surface area contributed by atoms with E-state index in [9.17, 15) is 4.79 Å². The predicted octanol–water partition coefficient (Wildman–Crippen LogP) is 1.61. The Labute approximate surface area is 160 Å². The highest BCUT2D eigenvalue weighted by Crippen LogP contribution is 2.28. The summed E-state index contributed by atoms with van der Waals surface area (Å²) in [6, 6.07) is 3.32. The number of ether oxygens (including phenoxy) is 1. The number of halogens is 1. The van der Waals surface area contributed by atoms with Crippen molar-refractivity contribution in [2.45, 2.75) is 19.3 Å². The SMILES string of the molecule is CN=C(NCCCOCC1CC1)NCCNC(=O)c1ccco1.I. The van der Waals surface area contributed by atoms with Gasteiger partial charge in [-0.3, -0.25) is 9.79 Å². The van der Waals surface area contributed by atoms with E-state index in [4.69, 9.17) is 9.15 Å². The van der Waals surface area contributed by atoms with Gasteiger partial charge in [0.05, 0.1) is 6.26 Å². The van der Waals surface area contributed by atoms with E-state index in [2.05, 4.69) is 20.9 Å². The minimum absolute atomic E-state index is 0. The zero-order chi connectivity index (χ0) is 16.3. The molecule has 0 saturated heterocycles. The summed E-state index contributed by atoms with van der Waals surface area (Å²) in [5.74, 6) is 1.64. The molecule has 0 spiro atoms. The Morgan fingerprint density at radius 3 is 2.71 bits per heavy atom. The van der Waals surface area contributed by atoms with Crippen LogP contribution < -0.4 is 16.0 Å². The van der Waals surface area contributed by atoms with Crippen LogP contribution in [0.3, 0.4) is 0 Å². The highest BCUT2D eigenvalue weighted by atomic mass is 127. The molecule has 1 aromatic heterocycles. The molecule has 1 amide bonds. The molecule has 1 aromatic rings. The molecule has 2 rings (SSSR count). The Hall–Kier alpha value is -1.29. The van der Waals surface area contributed by atoms with Crippen molar-refractivity contribution in [1.82, 2.24) is 16.0 Å². The lowest BCUT2D eigenvalue weighted by Gasteiger charge is -2.12. The smallest absolute Gasteiger partial charge is 0.287 e. The lowest BCUT2D eigenvalue weighted by molar-refractivity contribution is 0.0926. The zero-order valence-corrected chi connectivity index (χ0v) is 16.4. The summed E-state index contributed by atoms with van der Waals surface area (Å²) in [5, 5.41) is 9.13. The second-order valence-corrected chi connectivity index (χ2v) is 5.53. The number of hydrogen-bond acceptors (Lipinski definition) is 4. The van der Waals surface area contributed by atoms with Gasteiger partial charge in [0.25, 0.3) is 5.91 Å². The first-order valence-corrected chi connectivity index (χ1v) is 8.13. The number of hydrogen-bond donors (Lipinski definition) is 3. The van der Waals surface area contributed by atoms with Crippen LogP contribution in [-0.2, 0) is 4.74 Å². The summed E-state index contributed by atoms with van der Waals surface area (Å²) >= 11 is 0. The topological polar surface area (TPSA) is 87.9 Å². The van der Waals surface area contributed by atoms with E-state index in [-0.39, 0.29) is 29.9 Å². The van der Waals surface area contributed by atoms with Crippen molar-refractivity contribution in [3.8, 4) is 0 Å². The minimum Gasteiger partial charge on any atom is -0.459 e. The Morgan fingerprint density at radius 1 is 1.29 bits per heavy atom. The number of nitrogens with zero attached hydrogens (tertiary/aromatic N) is 1. The predicted molar refractivity (Wildman–Crippen MR) is 104 cm³/mol. The number of furan rings is 1. The zero-order valence-electron chi connectivity index (χ0n) is 14.0. The molecule has 24 heavy (non-hydrogen) atoms. The van der Waals surface area contributed by atoms with Crippen LogP contribution in [0.4, 0.5) is 0 Å². The van der Waals surface area contributed by atoms with Gasteiger partial charge in [0, 0.05) is 39.9 Å². The standard InChI is InChI=1S/C16H26N4O3.HI/c1-17-16(19-7-3-10-22-12-13-5-6-13)20-9-8-18-15(21)14-4-2-11-23-14;/h2,4,11,13H,3,5-10,12H2,1H3,(H,18,21)(H2,17,19,20);1H. The number of carbonyl (C=O) groups excluding carboxylic acids is 1. The molecule has 0 atom stereocenters. The molecule has 0 unspecified atom stereocenters. The summed E-state index contributed by atoms with van der Waals surface area (Å²) in [4.78, 5) is 15.8. The van der Waals surface area contributed by atoms with E-state index in [1.54, 1.807) is 19.2 Å². The highest BCUT2D eigenvalue weighted by molar-refractivity contribution is 14.0. The molecule has 1 saturated carbocycles. The molecule has 3 N–H and O–H groups in total. The maximum absolute atomic E-state index is 11.7. The van der Waals surface area contributed by atoms with Crippen LogP contribution in [0, 0.1) is 5.92 Å². The lowest BCUT2D eigenvalue weighted by Crippen LogP contribution is -2.41. The average molecular weight is 450 g/mol. The molecular weight excluding hydrogens is 423 g/mol. The highest BCUT2D eigenvalue weighted by Gasteiger charge is 2.20. The monoisotopic (exact) mass is 450 g/mol. The Balaban J connectivity index is 0.00000288. The third-order valence-electron chi connectivity index (χ3n) is 3.48. The van der Waals surface area contributed by atoms with Gasteiger partial charge in [0.1, 0.15) is 0 Å². The molecule has 8 heteroatoms. The van der Waals surface area contributed by atoms with Crippen LogP contribution in [0.25, 0.3) is 0 Å². The third kappa shape index (κ3) is 8.53. The maximum Gasteiger partial charge on any atom is 0.287 e. The number of guanidine groups is 1. The quantitative estimate of drug-likeness (QED) is 0.218. The lowest BCUT2D eigenvalue weighted by atomic mass is 10.4. The second kappa shape index (κ2) is 12.1. The fourth-order valence-electron chi connectivity index (χ4n) is 1.99. The van der Waals surface area contributed by atoms with Gasteiger partial charge in [-0.15, -0.1) is 24.0 Å². The first kappa shape index (κ1) is 20.8. The van der Waals surface area contributed by atoms with Gasteiger partial charge in [-0.2, -0.15) is 0 Å². The van der Waals surface area contributed by atoms with Crippen LogP contribution in [0.1, 0.15) is 29.8 Å². The van der Waals surface area contributed by atoms with Crippen molar-refractivity contribution in [1.29, 1.82) is 0 Å². The number of carbonyl (C=O) groups is 1. The molecule has 1 heterocycles.